The monoisotopic (exact) mass is 472 g/mol. The standard InChI is InChI=1S/C31H21ClN2O/c32-23-16-18-30-27(20-23)26-19-22(15-17-29(26)34(30)24-11-5-2-6-12-24)25-13-7-8-14-28(25)33-31(35)21-9-3-1-4-10-21/h1-20H,(H,33,35). The molecular formula is C31H21ClN2O. The fourth-order valence-corrected chi connectivity index (χ4v) is 4.82. The largest absolute Gasteiger partial charge is 0.321 e. The molecule has 1 N–H and O–H groups in total. The molecule has 168 valence electrons. The Labute approximate surface area is 208 Å². The zero-order chi connectivity index (χ0) is 23.8. The molecule has 0 aliphatic heterocycles. The lowest BCUT2D eigenvalue weighted by atomic mass is 10.0. The van der Waals surface area contributed by atoms with Gasteiger partial charge in [-0.3, -0.25) is 4.79 Å². The van der Waals surface area contributed by atoms with Crippen molar-refractivity contribution >= 4 is 45.0 Å². The summed E-state index contributed by atoms with van der Waals surface area (Å²) in [4.78, 5) is 12.9. The van der Waals surface area contributed by atoms with Crippen molar-refractivity contribution in [1.82, 2.24) is 4.57 Å². The lowest BCUT2D eigenvalue weighted by molar-refractivity contribution is 0.102. The number of nitrogens with zero attached hydrogens (tertiary/aromatic N) is 1. The molecule has 0 bridgehead atoms. The van der Waals surface area contributed by atoms with E-state index in [9.17, 15) is 4.79 Å². The molecule has 0 saturated heterocycles. The summed E-state index contributed by atoms with van der Waals surface area (Å²) in [6.07, 6.45) is 0. The van der Waals surface area contributed by atoms with Crippen LogP contribution >= 0.6 is 11.6 Å². The second-order valence-electron chi connectivity index (χ2n) is 8.43. The molecule has 0 saturated carbocycles. The minimum Gasteiger partial charge on any atom is -0.321 e. The summed E-state index contributed by atoms with van der Waals surface area (Å²) in [5.41, 5.74) is 6.67. The van der Waals surface area contributed by atoms with Gasteiger partial charge in [-0.25, -0.2) is 0 Å². The van der Waals surface area contributed by atoms with Crippen LogP contribution in [0.15, 0.2) is 121 Å². The summed E-state index contributed by atoms with van der Waals surface area (Å²) >= 11 is 6.42. The number of fused-ring (bicyclic) bond motifs is 3. The SMILES string of the molecule is O=C(Nc1ccccc1-c1ccc2c(c1)c1cc(Cl)ccc1n2-c1ccccc1)c1ccccc1. The molecule has 35 heavy (non-hydrogen) atoms. The molecular weight excluding hydrogens is 452 g/mol. The zero-order valence-corrected chi connectivity index (χ0v) is 19.5. The summed E-state index contributed by atoms with van der Waals surface area (Å²) in [6.45, 7) is 0. The van der Waals surface area contributed by atoms with Gasteiger partial charge in [0.2, 0.25) is 0 Å². The topological polar surface area (TPSA) is 34.0 Å². The van der Waals surface area contributed by atoms with Crippen molar-refractivity contribution < 1.29 is 4.79 Å². The maximum Gasteiger partial charge on any atom is 0.255 e. The molecule has 0 spiro atoms. The molecule has 5 aromatic carbocycles. The minimum absolute atomic E-state index is 0.133. The van der Waals surface area contributed by atoms with E-state index in [1.165, 1.54) is 0 Å². The number of carbonyl (C=O) groups is 1. The van der Waals surface area contributed by atoms with Gasteiger partial charge in [-0.1, -0.05) is 72.3 Å². The third kappa shape index (κ3) is 3.86. The van der Waals surface area contributed by atoms with Gasteiger partial charge in [-0.05, 0) is 66.2 Å². The van der Waals surface area contributed by atoms with Crippen LogP contribution in [0.25, 0.3) is 38.6 Å². The van der Waals surface area contributed by atoms with Crippen LogP contribution in [-0.4, -0.2) is 10.5 Å². The van der Waals surface area contributed by atoms with Gasteiger partial charge in [0.05, 0.1) is 11.0 Å². The molecule has 0 unspecified atom stereocenters. The van der Waals surface area contributed by atoms with Gasteiger partial charge in [0.1, 0.15) is 0 Å². The van der Waals surface area contributed by atoms with Gasteiger partial charge >= 0.3 is 0 Å². The first-order chi connectivity index (χ1) is 17.2. The Balaban J connectivity index is 1.51. The number of para-hydroxylation sites is 2. The van der Waals surface area contributed by atoms with Crippen LogP contribution in [0.2, 0.25) is 5.02 Å². The van der Waals surface area contributed by atoms with Crippen molar-refractivity contribution in [2.45, 2.75) is 0 Å². The highest BCUT2D eigenvalue weighted by Crippen LogP contribution is 2.37. The molecule has 0 fully saturated rings. The van der Waals surface area contributed by atoms with Crippen molar-refractivity contribution in [2.24, 2.45) is 0 Å². The predicted octanol–water partition coefficient (Wildman–Crippen LogP) is 8.36. The Hall–Kier alpha value is -4.34. The van der Waals surface area contributed by atoms with E-state index < -0.39 is 0 Å². The molecule has 0 aliphatic carbocycles. The van der Waals surface area contributed by atoms with Crippen LogP contribution in [0.4, 0.5) is 5.69 Å². The van der Waals surface area contributed by atoms with Crippen LogP contribution in [0.3, 0.4) is 0 Å². The number of anilines is 1. The molecule has 1 aromatic heterocycles. The Kier molecular flexibility index (Phi) is 5.32. The van der Waals surface area contributed by atoms with Gasteiger partial charge in [0, 0.05) is 38.3 Å². The van der Waals surface area contributed by atoms with E-state index in [1.807, 2.05) is 84.9 Å². The average Bonchev–Trinajstić information content (AvgIpc) is 3.23. The Bertz CT molecular complexity index is 1690. The highest BCUT2D eigenvalue weighted by molar-refractivity contribution is 6.32. The summed E-state index contributed by atoms with van der Waals surface area (Å²) in [5, 5.41) is 5.98. The third-order valence-corrected chi connectivity index (χ3v) is 6.50. The number of rotatable bonds is 4. The number of nitrogens with one attached hydrogen (secondary N) is 1. The first-order valence-corrected chi connectivity index (χ1v) is 11.8. The van der Waals surface area contributed by atoms with Crippen molar-refractivity contribution in [3.8, 4) is 16.8 Å². The van der Waals surface area contributed by atoms with E-state index >= 15 is 0 Å². The molecule has 6 aromatic rings. The van der Waals surface area contributed by atoms with Crippen LogP contribution in [0, 0.1) is 0 Å². The first-order valence-electron chi connectivity index (χ1n) is 11.4. The fraction of sp³-hybridized carbons (Fsp3) is 0. The zero-order valence-electron chi connectivity index (χ0n) is 18.8. The van der Waals surface area contributed by atoms with E-state index in [4.69, 9.17) is 11.6 Å². The van der Waals surface area contributed by atoms with Crippen LogP contribution in [-0.2, 0) is 0 Å². The summed E-state index contributed by atoms with van der Waals surface area (Å²) in [6, 6.07) is 39.9. The number of hydrogen-bond acceptors (Lipinski definition) is 1. The molecule has 1 heterocycles. The third-order valence-electron chi connectivity index (χ3n) is 6.26. The van der Waals surface area contributed by atoms with E-state index in [0.29, 0.717) is 10.6 Å². The molecule has 3 nitrogen and oxygen atoms in total. The maximum absolute atomic E-state index is 12.9. The quantitative estimate of drug-likeness (QED) is 0.275. The second-order valence-corrected chi connectivity index (χ2v) is 8.87. The summed E-state index contributed by atoms with van der Waals surface area (Å²) < 4.78 is 2.26. The molecule has 6 rings (SSSR count). The molecule has 0 aliphatic rings. The van der Waals surface area contributed by atoms with E-state index in [0.717, 1.165) is 44.3 Å². The van der Waals surface area contributed by atoms with Crippen LogP contribution in [0.1, 0.15) is 10.4 Å². The number of benzene rings is 5. The summed E-state index contributed by atoms with van der Waals surface area (Å²) in [7, 11) is 0. The van der Waals surface area contributed by atoms with Crippen molar-refractivity contribution in [3.05, 3.63) is 132 Å². The lowest BCUT2D eigenvalue weighted by Crippen LogP contribution is -2.12. The normalized spacial score (nSPS) is 11.1. The van der Waals surface area contributed by atoms with Gasteiger partial charge in [0.25, 0.3) is 5.91 Å². The second kappa shape index (κ2) is 8.79. The van der Waals surface area contributed by atoms with Crippen LogP contribution in [0.5, 0.6) is 0 Å². The number of hydrogen-bond donors (Lipinski definition) is 1. The van der Waals surface area contributed by atoms with E-state index in [-0.39, 0.29) is 5.91 Å². The maximum atomic E-state index is 12.9. The Morgan fingerprint density at radius 2 is 1.29 bits per heavy atom. The highest BCUT2D eigenvalue weighted by Gasteiger charge is 2.15. The molecule has 0 atom stereocenters. The molecule has 4 heteroatoms. The number of aromatic nitrogens is 1. The number of amides is 1. The molecule has 0 radical (unpaired) electrons. The van der Waals surface area contributed by atoms with Crippen molar-refractivity contribution in [2.75, 3.05) is 5.32 Å². The van der Waals surface area contributed by atoms with E-state index in [2.05, 4.69) is 46.3 Å². The number of halogens is 1. The van der Waals surface area contributed by atoms with Crippen LogP contribution < -0.4 is 5.32 Å². The van der Waals surface area contributed by atoms with Crippen molar-refractivity contribution in [1.29, 1.82) is 0 Å². The highest BCUT2D eigenvalue weighted by atomic mass is 35.5. The minimum atomic E-state index is -0.133. The van der Waals surface area contributed by atoms with Gasteiger partial charge in [0.15, 0.2) is 0 Å². The first kappa shape index (κ1) is 21.2. The van der Waals surface area contributed by atoms with Crippen molar-refractivity contribution in [3.63, 3.8) is 0 Å². The van der Waals surface area contributed by atoms with Gasteiger partial charge < -0.3 is 9.88 Å². The van der Waals surface area contributed by atoms with E-state index in [1.54, 1.807) is 0 Å². The van der Waals surface area contributed by atoms with Gasteiger partial charge in [-0.2, -0.15) is 0 Å². The number of carbonyl (C=O) groups excluding carboxylic acids is 1. The average molecular weight is 473 g/mol. The molecule has 1 amide bonds. The lowest BCUT2D eigenvalue weighted by Gasteiger charge is -2.12. The fourth-order valence-electron chi connectivity index (χ4n) is 4.65. The Morgan fingerprint density at radius 1 is 0.657 bits per heavy atom. The van der Waals surface area contributed by atoms with Gasteiger partial charge in [-0.15, -0.1) is 0 Å². The Morgan fingerprint density at radius 3 is 2.06 bits per heavy atom. The smallest absolute Gasteiger partial charge is 0.255 e. The predicted molar refractivity (Wildman–Crippen MR) is 146 cm³/mol. The summed E-state index contributed by atoms with van der Waals surface area (Å²) in [5.74, 6) is -0.133.